The highest BCUT2D eigenvalue weighted by atomic mass is 32.2. The highest BCUT2D eigenvalue weighted by Gasteiger charge is 2.14. The molecule has 0 unspecified atom stereocenters. The van der Waals surface area contributed by atoms with E-state index >= 15 is 0 Å². The lowest BCUT2D eigenvalue weighted by molar-refractivity contribution is 0.301. The predicted octanol–water partition coefficient (Wildman–Crippen LogP) is 3.85. The standard InChI is InChI=1S/C15H24N2O2S/c1-3-5-6-7-11-19-12-9-8-10-13(20-4-2)14(12)15(16)17-18/h8-10,18H,3-7,11H2,1-2H3,(H2,16,17). The first-order valence-corrected chi connectivity index (χ1v) is 8.09. The molecule has 1 aromatic rings. The summed E-state index contributed by atoms with van der Waals surface area (Å²) in [5.74, 6) is 1.71. The number of unbranched alkanes of at least 4 members (excludes halogenated alkanes) is 3. The van der Waals surface area contributed by atoms with Gasteiger partial charge in [-0.25, -0.2) is 0 Å². The molecular formula is C15H24N2O2S. The van der Waals surface area contributed by atoms with Crippen LogP contribution in [0.4, 0.5) is 0 Å². The van der Waals surface area contributed by atoms with Gasteiger partial charge in [-0.05, 0) is 24.3 Å². The van der Waals surface area contributed by atoms with Gasteiger partial charge in [-0.1, -0.05) is 44.3 Å². The zero-order chi connectivity index (χ0) is 14.8. The third kappa shape index (κ3) is 4.96. The second-order valence-electron chi connectivity index (χ2n) is 4.46. The van der Waals surface area contributed by atoms with Crippen molar-refractivity contribution < 1.29 is 9.94 Å². The van der Waals surface area contributed by atoms with Gasteiger partial charge in [0.1, 0.15) is 5.75 Å². The molecule has 0 saturated heterocycles. The Morgan fingerprint density at radius 3 is 2.75 bits per heavy atom. The number of ether oxygens (including phenoxy) is 1. The van der Waals surface area contributed by atoms with Crippen LogP contribution in [0.1, 0.15) is 45.1 Å². The minimum Gasteiger partial charge on any atom is -0.493 e. The van der Waals surface area contributed by atoms with E-state index in [4.69, 9.17) is 15.7 Å². The van der Waals surface area contributed by atoms with Crippen molar-refractivity contribution in [3.05, 3.63) is 23.8 Å². The summed E-state index contributed by atoms with van der Waals surface area (Å²) >= 11 is 1.66. The van der Waals surface area contributed by atoms with Crippen LogP contribution in [0, 0.1) is 0 Å². The van der Waals surface area contributed by atoms with Crippen molar-refractivity contribution in [3.63, 3.8) is 0 Å². The molecule has 20 heavy (non-hydrogen) atoms. The molecule has 4 nitrogen and oxygen atoms in total. The third-order valence-electron chi connectivity index (χ3n) is 2.91. The Morgan fingerprint density at radius 1 is 1.30 bits per heavy atom. The highest BCUT2D eigenvalue weighted by molar-refractivity contribution is 7.99. The topological polar surface area (TPSA) is 67.8 Å². The molecule has 0 radical (unpaired) electrons. The Morgan fingerprint density at radius 2 is 2.10 bits per heavy atom. The lowest BCUT2D eigenvalue weighted by Crippen LogP contribution is -2.16. The summed E-state index contributed by atoms with van der Waals surface area (Å²) in [6.45, 7) is 4.91. The molecule has 0 aliphatic heterocycles. The summed E-state index contributed by atoms with van der Waals surface area (Å²) in [6, 6.07) is 5.77. The maximum atomic E-state index is 8.95. The number of amidine groups is 1. The Labute approximate surface area is 125 Å². The number of hydrogen-bond acceptors (Lipinski definition) is 4. The summed E-state index contributed by atoms with van der Waals surface area (Å²) in [6.07, 6.45) is 4.62. The summed E-state index contributed by atoms with van der Waals surface area (Å²) in [7, 11) is 0. The van der Waals surface area contributed by atoms with Gasteiger partial charge in [0.2, 0.25) is 0 Å². The van der Waals surface area contributed by atoms with Gasteiger partial charge in [-0.3, -0.25) is 0 Å². The highest BCUT2D eigenvalue weighted by Crippen LogP contribution is 2.30. The second-order valence-corrected chi connectivity index (χ2v) is 5.76. The molecule has 0 atom stereocenters. The number of nitrogens with two attached hydrogens (primary N) is 1. The zero-order valence-electron chi connectivity index (χ0n) is 12.3. The van der Waals surface area contributed by atoms with Gasteiger partial charge in [0, 0.05) is 4.90 Å². The predicted molar refractivity (Wildman–Crippen MR) is 85.0 cm³/mol. The first kappa shape index (κ1) is 16.7. The maximum Gasteiger partial charge on any atom is 0.174 e. The van der Waals surface area contributed by atoms with Gasteiger partial charge < -0.3 is 15.7 Å². The molecule has 1 aromatic carbocycles. The molecule has 0 bridgehead atoms. The van der Waals surface area contributed by atoms with E-state index in [1.165, 1.54) is 19.3 Å². The van der Waals surface area contributed by atoms with Crippen LogP contribution in [-0.4, -0.2) is 23.4 Å². The van der Waals surface area contributed by atoms with E-state index in [9.17, 15) is 0 Å². The molecule has 0 amide bonds. The number of hydrogen-bond donors (Lipinski definition) is 2. The number of rotatable bonds is 9. The van der Waals surface area contributed by atoms with Crippen LogP contribution < -0.4 is 10.5 Å². The molecule has 0 aromatic heterocycles. The maximum absolute atomic E-state index is 8.95. The smallest absolute Gasteiger partial charge is 0.174 e. The van der Waals surface area contributed by atoms with E-state index in [0.717, 1.165) is 17.1 Å². The van der Waals surface area contributed by atoms with Crippen molar-refractivity contribution in [1.82, 2.24) is 0 Å². The number of benzene rings is 1. The lowest BCUT2D eigenvalue weighted by Gasteiger charge is -2.14. The molecule has 1 rings (SSSR count). The normalized spacial score (nSPS) is 11.6. The fraction of sp³-hybridized carbons (Fsp3) is 0.533. The number of nitrogens with zero attached hydrogens (tertiary/aromatic N) is 1. The molecule has 0 saturated carbocycles. The van der Waals surface area contributed by atoms with Gasteiger partial charge in [0.25, 0.3) is 0 Å². The fourth-order valence-corrected chi connectivity index (χ4v) is 2.76. The minimum atomic E-state index is 0.102. The second kappa shape index (κ2) is 9.53. The Balaban J connectivity index is 2.80. The number of oxime groups is 1. The first-order valence-electron chi connectivity index (χ1n) is 7.11. The van der Waals surface area contributed by atoms with E-state index in [0.29, 0.717) is 17.9 Å². The van der Waals surface area contributed by atoms with Crippen molar-refractivity contribution >= 4 is 17.6 Å². The van der Waals surface area contributed by atoms with E-state index in [1.54, 1.807) is 11.8 Å². The first-order chi connectivity index (χ1) is 9.74. The largest absolute Gasteiger partial charge is 0.493 e. The lowest BCUT2D eigenvalue weighted by atomic mass is 10.2. The van der Waals surface area contributed by atoms with E-state index < -0.39 is 0 Å². The monoisotopic (exact) mass is 296 g/mol. The van der Waals surface area contributed by atoms with Gasteiger partial charge in [0.05, 0.1) is 12.2 Å². The summed E-state index contributed by atoms with van der Waals surface area (Å²) < 4.78 is 5.81. The van der Waals surface area contributed by atoms with E-state index in [1.807, 2.05) is 18.2 Å². The zero-order valence-corrected chi connectivity index (χ0v) is 13.1. The van der Waals surface area contributed by atoms with Crippen molar-refractivity contribution in [2.45, 2.75) is 44.4 Å². The average Bonchev–Trinajstić information content (AvgIpc) is 2.47. The van der Waals surface area contributed by atoms with Crippen molar-refractivity contribution in [3.8, 4) is 5.75 Å². The van der Waals surface area contributed by atoms with Crippen LogP contribution in [0.5, 0.6) is 5.75 Å². The molecular weight excluding hydrogens is 272 g/mol. The Bertz CT molecular complexity index is 436. The Kier molecular flexibility index (Phi) is 7.95. The van der Waals surface area contributed by atoms with Gasteiger partial charge in [-0.2, -0.15) is 0 Å². The summed E-state index contributed by atoms with van der Waals surface area (Å²) in [5, 5.41) is 12.1. The van der Waals surface area contributed by atoms with Crippen molar-refractivity contribution in [2.24, 2.45) is 10.9 Å². The average molecular weight is 296 g/mol. The molecule has 3 N–H and O–H groups in total. The summed E-state index contributed by atoms with van der Waals surface area (Å²) in [4.78, 5) is 0.980. The molecule has 0 aliphatic rings. The van der Waals surface area contributed by atoms with Crippen molar-refractivity contribution in [2.75, 3.05) is 12.4 Å². The fourth-order valence-electron chi connectivity index (χ4n) is 1.92. The molecule has 0 fully saturated rings. The third-order valence-corrected chi connectivity index (χ3v) is 3.85. The van der Waals surface area contributed by atoms with E-state index in [2.05, 4.69) is 19.0 Å². The van der Waals surface area contributed by atoms with Gasteiger partial charge >= 0.3 is 0 Å². The SMILES string of the molecule is CCCCCCOc1cccc(SCC)c1/C(N)=N/O. The number of thioether (sulfide) groups is 1. The van der Waals surface area contributed by atoms with Crippen LogP contribution >= 0.6 is 11.8 Å². The minimum absolute atomic E-state index is 0.102. The van der Waals surface area contributed by atoms with Gasteiger partial charge in [0.15, 0.2) is 5.84 Å². The van der Waals surface area contributed by atoms with E-state index in [-0.39, 0.29) is 5.84 Å². The van der Waals surface area contributed by atoms with Crippen LogP contribution in [0.3, 0.4) is 0 Å². The van der Waals surface area contributed by atoms with Crippen LogP contribution in [0.25, 0.3) is 0 Å². The van der Waals surface area contributed by atoms with Crippen LogP contribution in [-0.2, 0) is 0 Å². The molecule has 5 heteroatoms. The molecule has 0 aliphatic carbocycles. The van der Waals surface area contributed by atoms with Crippen LogP contribution in [0.15, 0.2) is 28.3 Å². The van der Waals surface area contributed by atoms with Crippen molar-refractivity contribution in [1.29, 1.82) is 0 Å². The van der Waals surface area contributed by atoms with Crippen LogP contribution in [0.2, 0.25) is 0 Å². The molecule has 0 spiro atoms. The Hall–Kier alpha value is -1.36. The molecule has 112 valence electrons. The summed E-state index contributed by atoms with van der Waals surface area (Å²) in [5.41, 5.74) is 6.48. The quantitative estimate of drug-likeness (QED) is 0.181. The van der Waals surface area contributed by atoms with Gasteiger partial charge in [-0.15, -0.1) is 11.8 Å². The molecule has 0 heterocycles.